The molecule has 2 heterocycles. The van der Waals surface area contributed by atoms with E-state index in [0.717, 1.165) is 19.3 Å². The van der Waals surface area contributed by atoms with Crippen molar-refractivity contribution >= 4 is 48.4 Å². The van der Waals surface area contributed by atoms with E-state index in [1.54, 1.807) is 26.2 Å². The third kappa shape index (κ3) is 3.51. The summed E-state index contributed by atoms with van der Waals surface area (Å²) in [6.45, 7) is 0. The Morgan fingerprint density at radius 2 is 1.73 bits per heavy atom. The van der Waals surface area contributed by atoms with Crippen LogP contribution in [0, 0.1) is 0 Å². The molecule has 1 saturated carbocycles. The van der Waals surface area contributed by atoms with E-state index in [0.29, 0.717) is 28.5 Å². The van der Waals surface area contributed by atoms with Crippen molar-refractivity contribution in [2.24, 2.45) is 14.1 Å². The maximum absolute atomic E-state index is 13.5. The summed E-state index contributed by atoms with van der Waals surface area (Å²) in [5.74, 6) is -0.522. The number of furan rings is 1. The summed E-state index contributed by atoms with van der Waals surface area (Å²) >= 11 is 3.15. The third-order valence-corrected chi connectivity index (χ3v) is 8.44. The fourth-order valence-corrected chi connectivity index (χ4v) is 6.35. The predicted octanol–water partition coefficient (Wildman–Crippen LogP) is 3.59. The van der Waals surface area contributed by atoms with Gasteiger partial charge in [0.2, 0.25) is 0 Å². The molecule has 1 aromatic carbocycles. The van der Waals surface area contributed by atoms with Crippen LogP contribution in [0.2, 0.25) is 0 Å². The summed E-state index contributed by atoms with van der Waals surface area (Å²) in [6, 6.07) is 6.11. The first kappa shape index (κ1) is 20.9. The van der Waals surface area contributed by atoms with Gasteiger partial charge < -0.3 is 9.73 Å². The summed E-state index contributed by atoms with van der Waals surface area (Å²) in [6.07, 6.45) is 3.92. The van der Waals surface area contributed by atoms with E-state index in [1.165, 1.54) is 21.3 Å². The molecule has 4 rings (SSSR count). The minimum absolute atomic E-state index is 0.0297. The number of anilines is 1. The molecule has 0 radical (unpaired) electrons. The summed E-state index contributed by atoms with van der Waals surface area (Å²) in [5, 5.41) is 2.17. The highest BCUT2D eigenvalue weighted by Crippen LogP contribution is 2.35. The van der Waals surface area contributed by atoms with E-state index in [9.17, 15) is 18.0 Å². The number of hydrogen-bond donors (Lipinski definition) is 1. The monoisotopic (exact) mass is 495 g/mol. The Labute approximate surface area is 181 Å². The van der Waals surface area contributed by atoms with Crippen molar-refractivity contribution in [1.29, 1.82) is 0 Å². The lowest BCUT2D eigenvalue weighted by Gasteiger charge is -2.23. The van der Waals surface area contributed by atoms with Crippen molar-refractivity contribution in [2.75, 3.05) is 5.32 Å². The molecule has 1 aliphatic carbocycles. The van der Waals surface area contributed by atoms with Crippen LogP contribution in [0.1, 0.15) is 42.7 Å². The third-order valence-electron chi connectivity index (χ3n) is 5.72. The second-order valence-electron chi connectivity index (χ2n) is 7.60. The van der Waals surface area contributed by atoms with Gasteiger partial charge in [-0.25, -0.2) is 13.2 Å². The van der Waals surface area contributed by atoms with Gasteiger partial charge >= 0.3 is 5.69 Å². The molecular weight excluding hydrogens is 474 g/mol. The quantitative estimate of drug-likeness (QED) is 0.595. The molecule has 0 aliphatic heterocycles. The Kier molecular flexibility index (Phi) is 5.39. The van der Waals surface area contributed by atoms with Gasteiger partial charge in [0.05, 0.1) is 26.9 Å². The SMILES string of the molecule is Cn1c(=O)n(C)c2cc(S(=O)(=O)C3CCCCC3)c(NC(=O)c3ccc(Br)o3)cc21. The topological polar surface area (TPSA) is 103 Å². The Morgan fingerprint density at radius 1 is 1.10 bits per heavy atom. The molecule has 0 atom stereocenters. The Balaban J connectivity index is 1.87. The fourth-order valence-electron chi connectivity index (χ4n) is 4.03. The van der Waals surface area contributed by atoms with E-state index in [2.05, 4.69) is 21.2 Å². The Hall–Kier alpha value is -2.33. The van der Waals surface area contributed by atoms with Gasteiger partial charge in [-0.15, -0.1) is 0 Å². The molecule has 3 aromatic rings. The number of hydrogen-bond acceptors (Lipinski definition) is 5. The number of fused-ring (bicyclic) bond motifs is 1. The number of carbonyl (C=O) groups excluding carboxylic acids is 1. The summed E-state index contributed by atoms with van der Waals surface area (Å²) < 4.78 is 35.5. The number of benzene rings is 1. The number of rotatable bonds is 4. The van der Waals surface area contributed by atoms with Gasteiger partial charge in [0.1, 0.15) is 0 Å². The van der Waals surface area contributed by atoms with Gasteiger partial charge in [0.15, 0.2) is 20.3 Å². The average Bonchev–Trinajstić information content (AvgIpc) is 3.26. The summed E-state index contributed by atoms with van der Waals surface area (Å²) in [5.41, 5.74) is 0.896. The lowest BCUT2D eigenvalue weighted by Crippen LogP contribution is -2.25. The summed E-state index contributed by atoms with van der Waals surface area (Å²) in [4.78, 5) is 25.1. The van der Waals surface area contributed by atoms with Crippen LogP contribution in [0.25, 0.3) is 11.0 Å². The Morgan fingerprint density at radius 3 is 2.33 bits per heavy atom. The first-order valence-corrected chi connectivity index (χ1v) is 12.0. The van der Waals surface area contributed by atoms with Crippen LogP contribution >= 0.6 is 15.9 Å². The number of nitrogens with one attached hydrogen (secondary N) is 1. The van der Waals surface area contributed by atoms with E-state index >= 15 is 0 Å². The van der Waals surface area contributed by atoms with Crippen LogP contribution in [-0.4, -0.2) is 28.7 Å². The maximum Gasteiger partial charge on any atom is 0.328 e. The van der Waals surface area contributed by atoms with Crippen LogP contribution in [0.5, 0.6) is 0 Å². The van der Waals surface area contributed by atoms with E-state index < -0.39 is 21.0 Å². The van der Waals surface area contributed by atoms with Gasteiger partial charge in [-0.1, -0.05) is 19.3 Å². The van der Waals surface area contributed by atoms with Gasteiger partial charge in [0.25, 0.3) is 5.91 Å². The number of amides is 1. The van der Waals surface area contributed by atoms with Gasteiger partial charge in [-0.05, 0) is 53.0 Å². The lowest BCUT2D eigenvalue weighted by molar-refractivity contribution is 0.0995. The van der Waals surface area contributed by atoms with Crippen LogP contribution in [-0.2, 0) is 23.9 Å². The largest absolute Gasteiger partial charge is 0.444 e. The normalized spacial score (nSPS) is 15.6. The molecule has 2 aromatic heterocycles. The predicted molar refractivity (Wildman–Crippen MR) is 117 cm³/mol. The Bertz CT molecular complexity index is 1300. The molecule has 1 aliphatic rings. The first-order chi connectivity index (χ1) is 14.2. The molecule has 10 heteroatoms. The lowest BCUT2D eigenvalue weighted by atomic mass is 10.0. The first-order valence-electron chi connectivity index (χ1n) is 9.70. The van der Waals surface area contributed by atoms with Gasteiger partial charge in [-0.3, -0.25) is 13.9 Å². The zero-order valence-electron chi connectivity index (χ0n) is 16.6. The highest BCUT2D eigenvalue weighted by atomic mass is 79.9. The standard InChI is InChI=1S/C20H22BrN3O5S/c1-23-14-10-13(22-19(25)16-8-9-18(21)29-16)17(11-15(14)24(2)20(23)26)30(27,28)12-6-4-3-5-7-12/h8-12H,3-7H2,1-2H3,(H,22,25). The number of nitrogens with zero attached hydrogens (tertiary/aromatic N) is 2. The molecule has 0 bridgehead atoms. The molecule has 8 nitrogen and oxygen atoms in total. The molecule has 1 fully saturated rings. The van der Waals surface area contributed by atoms with Crippen molar-refractivity contribution in [3.63, 3.8) is 0 Å². The molecule has 0 unspecified atom stereocenters. The number of aryl methyl sites for hydroxylation is 2. The van der Waals surface area contributed by atoms with E-state index in [-0.39, 0.29) is 22.0 Å². The van der Waals surface area contributed by atoms with Crippen LogP contribution in [0.3, 0.4) is 0 Å². The van der Waals surface area contributed by atoms with Crippen molar-refractivity contribution in [3.05, 3.63) is 45.2 Å². The average molecular weight is 496 g/mol. The van der Waals surface area contributed by atoms with Crippen LogP contribution in [0.15, 0.2) is 43.0 Å². The number of halogens is 1. The minimum Gasteiger partial charge on any atom is -0.444 e. The van der Waals surface area contributed by atoms with Crippen molar-refractivity contribution < 1.29 is 17.6 Å². The van der Waals surface area contributed by atoms with Crippen LogP contribution < -0.4 is 11.0 Å². The smallest absolute Gasteiger partial charge is 0.328 e. The summed E-state index contributed by atoms with van der Waals surface area (Å²) in [7, 11) is -0.502. The second kappa shape index (κ2) is 7.73. The van der Waals surface area contributed by atoms with E-state index in [4.69, 9.17) is 4.42 Å². The molecule has 1 N–H and O–H groups in total. The maximum atomic E-state index is 13.5. The van der Waals surface area contributed by atoms with Gasteiger partial charge in [-0.2, -0.15) is 0 Å². The van der Waals surface area contributed by atoms with Crippen molar-refractivity contribution in [3.8, 4) is 0 Å². The van der Waals surface area contributed by atoms with Crippen molar-refractivity contribution in [2.45, 2.75) is 42.2 Å². The van der Waals surface area contributed by atoms with Gasteiger partial charge in [0, 0.05) is 14.1 Å². The van der Waals surface area contributed by atoms with E-state index in [1.807, 2.05) is 0 Å². The highest BCUT2D eigenvalue weighted by molar-refractivity contribution is 9.10. The molecule has 1 amide bonds. The van der Waals surface area contributed by atoms with Crippen LogP contribution in [0.4, 0.5) is 5.69 Å². The highest BCUT2D eigenvalue weighted by Gasteiger charge is 2.32. The number of imidazole rings is 1. The fraction of sp³-hybridized carbons (Fsp3) is 0.400. The molecular formula is C20H22BrN3O5S. The number of carbonyl (C=O) groups is 1. The number of aromatic nitrogens is 2. The zero-order chi connectivity index (χ0) is 21.6. The minimum atomic E-state index is -3.71. The molecule has 30 heavy (non-hydrogen) atoms. The molecule has 0 saturated heterocycles. The second-order valence-corrected chi connectivity index (χ2v) is 10.6. The molecule has 0 spiro atoms. The molecule has 160 valence electrons. The van der Waals surface area contributed by atoms with Crippen molar-refractivity contribution in [1.82, 2.24) is 9.13 Å². The number of sulfone groups is 1. The zero-order valence-corrected chi connectivity index (χ0v) is 19.0.